The number of benzene rings is 4. The fraction of sp³-hybridized carbons (Fsp3) is 0.378. The SMILES string of the molecule is Cc1cc(C(C)(C)C)ccc1-c1cccc2c1C=C(C1(C3=Cc4c(cccc4-c4ccc(C(C)(C)C)cc4C)C3)CCCC1)C2. The van der Waals surface area contributed by atoms with Crippen molar-refractivity contribution in [3.63, 3.8) is 0 Å². The van der Waals surface area contributed by atoms with Crippen LogP contribution in [-0.4, -0.2) is 0 Å². The van der Waals surface area contributed by atoms with Crippen LogP contribution in [0.3, 0.4) is 0 Å². The topological polar surface area (TPSA) is 0 Å². The number of aryl methyl sites for hydroxylation is 2. The first kappa shape index (κ1) is 30.0. The van der Waals surface area contributed by atoms with E-state index in [1.54, 1.807) is 11.1 Å². The molecule has 7 rings (SSSR count). The van der Waals surface area contributed by atoms with E-state index < -0.39 is 0 Å². The zero-order valence-corrected chi connectivity index (χ0v) is 28.8. The van der Waals surface area contributed by atoms with Crippen molar-refractivity contribution >= 4 is 12.2 Å². The maximum Gasteiger partial charge on any atom is 0.0134 e. The van der Waals surface area contributed by atoms with Gasteiger partial charge >= 0.3 is 0 Å². The van der Waals surface area contributed by atoms with Gasteiger partial charge in [-0.15, -0.1) is 0 Å². The van der Waals surface area contributed by atoms with Crippen LogP contribution >= 0.6 is 0 Å². The first-order chi connectivity index (χ1) is 21.3. The molecule has 0 aromatic heterocycles. The predicted octanol–water partition coefficient (Wildman–Crippen LogP) is 12.4. The van der Waals surface area contributed by atoms with E-state index in [9.17, 15) is 0 Å². The summed E-state index contributed by atoms with van der Waals surface area (Å²) in [5, 5.41) is 0. The molecule has 0 N–H and O–H groups in total. The predicted molar refractivity (Wildman–Crippen MR) is 195 cm³/mol. The summed E-state index contributed by atoms with van der Waals surface area (Å²) in [7, 11) is 0. The van der Waals surface area contributed by atoms with Crippen LogP contribution in [0.5, 0.6) is 0 Å². The van der Waals surface area contributed by atoms with Gasteiger partial charge in [0.05, 0.1) is 0 Å². The minimum atomic E-state index is 0.158. The summed E-state index contributed by atoms with van der Waals surface area (Å²) < 4.78 is 0. The molecule has 1 fully saturated rings. The van der Waals surface area contributed by atoms with E-state index in [0.29, 0.717) is 0 Å². The van der Waals surface area contributed by atoms with Gasteiger partial charge < -0.3 is 0 Å². The summed E-state index contributed by atoms with van der Waals surface area (Å²) in [5.74, 6) is 0. The molecule has 0 bridgehead atoms. The first-order valence-corrected chi connectivity index (χ1v) is 17.2. The zero-order chi connectivity index (χ0) is 31.7. The molecule has 0 atom stereocenters. The summed E-state index contributed by atoms with van der Waals surface area (Å²) in [5.41, 5.74) is 20.8. The molecule has 3 aliphatic carbocycles. The van der Waals surface area contributed by atoms with E-state index in [4.69, 9.17) is 0 Å². The van der Waals surface area contributed by atoms with Gasteiger partial charge in [0.15, 0.2) is 0 Å². The molecule has 0 heterocycles. The molecule has 0 spiro atoms. The number of allylic oxidation sites excluding steroid dienone is 2. The lowest BCUT2D eigenvalue weighted by Gasteiger charge is -2.33. The number of hydrogen-bond donors (Lipinski definition) is 0. The largest absolute Gasteiger partial charge is 0.0613 e. The lowest BCUT2D eigenvalue weighted by Crippen LogP contribution is -2.22. The molecule has 0 heteroatoms. The average Bonchev–Trinajstić information content (AvgIpc) is 3.74. The third-order valence-corrected chi connectivity index (χ3v) is 11.2. The highest BCUT2D eigenvalue weighted by atomic mass is 14.5. The smallest absolute Gasteiger partial charge is 0.0134 e. The Morgan fingerprint density at radius 3 is 1.31 bits per heavy atom. The molecule has 0 saturated heterocycles. The molecule has 0 aliphatic heterocycles. The van der Waals surface area contributed by atoms with Crippen molar-refractivity contribution in [1.29, 1.82) is 0 Å². The van der Waals surface area contributed by atoms with E-state index in [2.05, 4.69) is 140 Å². The van der Waals surface area contributed by atoms with Crippen molar-refractivity contribution in [2.75, 3.05) is 0 Å². The fourth-order valence-corrected chi connectivity index (χ4v) is 8.51. The third-order valence-electron chi connectivity index (χ3n) is 11.2. The third kappa shape index (κ3) is 5.15. The molecule has 45 heavy (non-hydrogen) atoms. The fourth-order valence-electron chi connectivity index (χ4n) is 8.51. The molecule has 1 saturated carbocycles. The van der Waals surface area contributed by atoms with Crippen LogP contribution in [0.25, 0.3) is 34.4 Å². The van der Waals surface area contributed by atoms with Crippen LogP contribution in [0.2, 0.25) is 0 Å². The van der Waals surface area contributed by atoms with Crippen molar-refractivity contribution in [2.45, 2.75) is 105 Å². The maximum atomic E-state index is 2.62. The molecule has 0 unspecified atom stereocenters. The molecule has 3 aliphatic rings. The summed E-state index contributed by atoms with van der Waals surface area (Å²) in [6, 6.07) is 28.3. The van der Waals surface area contributed by atoms with Crippen molar-refractivity contribution in [1.82, 2.24) is 0 Å². The van der Waals surface area contributed by atoms with Gasteiger partial charge in [-0.2, -0.15) is 0 Å². The minimum absolute atomic E-state index is 0.158. The highest BCUT2D eigenvalue weighted by Gasteiger charge is 2.43. The van der Waals surface area contributed by atoms with Crippen molar-refractivity contribution in [3.8, 4) is 22.3 Å². The monoisotopic (exact) mass is 590 g/mol. The van der Waals surface area contributed by atoms with Crippen molar-refractivity contribution in [2.24, 2.45) is 5.41 Å². The average molecular weight is 591 g/mol. The van der Waals surface area contributed by atoms with Crippen molar-refractivity contribution < 1.29 is 0 Å². The molecule has 0 amide bonds. The lowest BCUT2D eigenvalue weighted by atomic mass is 9.71. The van der Waals surface area contributed by atoms with Gasteiger partial charge in [-0.05, 0) is 117 Å². The normalized spacial score (nSPS) is 17.2. The second-order valence-electron chi connectivity index (χ2n) is 16.3. The van der Waals surface area contributed by atoms with E-state index in [1.807, 2.05) is 0 Å². The van der Waals surface area contributed by atoms with Crippen molar-refractivity contribution in [3.05, 3.63) is 128 Å². The quantitative estimate of drug-likeness (QED) is 0.222. The van der Waals surface area contributed by atoms with Gasteiger partial charge in [-0.3, -0.25) is 0 Å². The van der Waals surface area contributed by atoms with Gasteiger partial charge in [0, 0.05) is 5.41 Å². The van der Waals surface area contributed by atoms with Gasteiger partial charge in [0.1, 0.15) is 0 Å². The number of hydrogen-bond acceptors (Lipinski definition) is 0. The van der Waals surface area contributed by atoms with Gasteiger partial charge in [-0.1, -0.05) is 150 Å². The van der Waals surface area contributed by atoms with Gasteiger partial charge in [-0.25, -0.2) is 0 Å². The van der Waals surface area contributed by atoms with Crippen LogP contribution in [0, 0.1) is 19.3 Å². The molecule has 0 nitrogen and oxygen atoms in total. The van der Waals surface area contributed by atoms with Gasteiger partial charge in [0.25, 0.3) is 0 Å². The van der Waals surface area contributed by atoms with E-state index in [0.717, 1.165) is 12.8 Å². The molecule has 4 aromatic rings. The van der Waals surface area contributed by atoms with Gasteiger partial charge in [0.2, 0.25) is 0 Å². The molecular weight excluding hydrogens is 540 g/mol. The maximum absolute atomic E-state index is 2.62. The van der Waals surface area contributed by atoms with E-state index in [-0.39, 0.29) is 16.2 Å². The molecular formula is C45H50. The summed E-state index contributed by atoms with van der Waals surface area (Å²) in [6.45, 7) is 18.4. The summed E-state index contributed by atoms with van der Waals surface area (Å²) in [6.07, 6.45) is 12.6. The Kier molecular flexibility index (Phi) is 7.16. The van der Waals surface area contributed by atoms with Crippen LogP contribution in [-0.2, 0) is 23.7 Å². The highest BCUT2D eigenvalue weighted by molar-refractivity contribution is 5.86. The zero-order valence-electron chi connectivity index (χ0n) is 28.8. The number of rotatable bonds is 4. The Bertz CT molecular complexity index is 1740. The van der Waals surface area contributed by atoms with Crippen LogP contribution in [0.15, 0.2) is 83.9 Å². The lowest BCUT2D eigenvalue weighted by molar-refractivity contribution is 0.437. The standard InChI is InChI=1S/C45H50/c1-29-23-33(43(3,4)5)17-19-37(29)39-15-11-13-31-25-35(27-41(31)39)45(21-9-10-22-45)36-26-32-14-12-16-40(42(32)28-36)38-20-18-34(24-30(38)2)44(6,7)8/h11-20,23-24,27-28H,9-10,21-22,25-26H2,1-8H3. The van der Waals surface area contributed by atoms with Crippen LogP contribution < -0.4 is 0 Å². The van der Waals surface area contributed by atoms with Crippen LogP contribution in [0.1, 0.15) is 112 Å². The Hall–Kier alpha value is -3.64. The second-order valence-corrected chi connectivity index (χ2v) is 16.3. The molecule has 230 valence electrons. The second kappa shape index (κ2) is 10.7. The first-order valence-electron chi connectivity index (χ1n) is 17.2. The molecule has 4 aromatic carbocycles. The summed E-state index contributed by atoms with van der Waals surface area (Å²) >= 11 is 0. The Morgan fingerprint density at radius 2 is 0.933 bits per heavy atom. The minimum Gasteiger partial charge on any atom is -0.0613 e. The number of fused-ring (bicyclic) bond motifs is 2. The Morgan fingerprint density at radius 1 is 0.511 bits per heavy atom. The highest BCUT2D eigenvalue weighted by Crippen LogP contribution is 2.57. The summed E-state index contributed by atoms with van der Waals surface area (Å²) in [4.78, 5) is 0. The van der Waals surface area contributed by atoms with E-state index in [1.165, 1.54) is 92.4 Å². The Labute approximate surface area is 272 Å². The Balaban J connectivity index is 1.28. The van der Waals surface area contributed by atoms with E-state index >= 15 is 0 Å². The van der Waals surface area contributed by atoms with Crippen LogP contribution in [0.4, 0.5) is 0 Å². The molecule has 0 radical (unpaired) electrons.